The van der Waals surface area contributed by atoms with Gasteiger partial charge in [-0.2, -0.15) is 0 Å². The van der Waals surface area contributed by atoms with Gasteiger partial charge in [0.1, 0.15) is 0 Å². The molecule has 0 saturated heterocycles. The number of carbonyl (C=O) groups excluding carboxylic acids is 2. The van der Waals surface area contributed by atoms with Gasteiger partial charge in [-0.05, 0) is 0 Å². The molecule has 1 aliphatic heterocycles. The number of carbonyl (C=O) groups is 2. The molecular formula is C6H10NO2P. The molecule has 1 rings (SSSR count). The third kappa shape index (κ3) is 1.92. The summed E-state index contributed by atoms with van der Waals surface area (Å²) in [6.45, 7) is 1.92. The van der Waals surface area contributed by atoms with Crippen molar-refractivity contribution in [1.29, 1.82) is 0 Å². The highest BCUT2D eigenvalue weighted by atomic mass is 31.0. The Labute approximate surface area is 62.3 Å². The van der Waals surface area contributed by atoms with Gasteiger partial charge in [-0.25, -0.2) is 0 Å². The Morgan fingerprint density at radius 1 is 1.20 bits per heavy atom. The Morgan fingerprint density at radius 2 is 1.50 bits per heavy atom. The third-order valence-corrected chi connectivity index (χ3v) is 1.03. The van der Waals surface area contributed by atoms with Crippen LogP contribution in [0.4, 0.5) is 0 Å². The summed E-state index contributed by atoms with van der Waals surface area (Å²) >= 11 is 0. The second-order valence-electron chi connectivity index (χ2n) is 1.57. The molecule has 0 N–H and O–H groups in total. The van der Waals surface area contributed by atoms with Crippen LogP contribution >= 0.6 is 9.24 Å². The van der Waals surface area contributed by atoms with Crippen LogP contribution in [0.5, 0.6) is 0 Å². The summed E-state index contributed by atoms with van der Waals surface area (Å²) in [5.74, 6) is -0.481. The van der Waals surface area contributed by atoms with E-state index in [0.29, 0.717) is 0 Å². The van der Waals surface area contributed by atoms with Gasteiger partial charge in [-0.1, -0.05) is 6.66 Å². The average molecular weight is 159 g/mol. The second kappa shape index (κ2) is 4.18. The van der Waals surface area contributed by atoms with Crippen LogP contribution in [0.2, 0.25) is 0 Å². The monoisotopic (exact) mass is 159 g/mol. The number of nitrogens with zero attached hydrogens (tertiary/aromatic N) is 1. The molecule has 56 valence electrons. The van der Waals surface area contributed by atoms with Crippen LogP contribution < -0.4 is 0 Å². The van der Waals surface area contributed by atoms with Crippen molar-refractivity contribution in [2.24, 2.45) is 0 Å². The lowest BCUT2D eigenvalue weighted by molar-refractivity contribution is -0.135. The molecule has 0 aromatic heterocycles. The van der Waals surface area contributed by atoms with Gasteiger partial charge in [0.2, 0.25) is 0 Å². The minimum absolute atomic E-state index is 0.241. The molecule has 1 unspecified atom stereocenters. The van der Waals surface area contributed by atoms with Crippen LogP contribution in [0.1, 0.15) is 0 Å². The molecule has 1 heterocycles. The molecule has 10 heavy (non-hydrogen) atoms. The normalized spacial score (nSPS) is 15.3. The molecule has 3 nitrogen and oxygen atoms in total. The Morgan fingerprint density at radius 3 is 1.60 bits per heavy atom. The van der Waals surface area contributed by atoms with E-state index in [1.807, 2.05) is 6.66 Å². The molecular weight excluding hydrogens is 149 g/mol. The molecule has 0 radical (unpaired) electrons. The van der Waals surface area contributed by atoms with Gasteiger partial charge in [-0.15, -0.1) is 9.24 Å². The molecule has 2 amide bonds. The molecule has 0 bridgehead atoms. The van der Waals surface area contributed by atoms with Crippen LogP contribution in [0.25, 0.3) is 0 Å². The molecule has 1 atom stereocenters. The van der Waals surface area contributed by atoms with Gasteiger partial charge in [0.05, 0.1) is 0 Å². The highest BCUT2D eigenvalue weighted by Crippen LogP contribution is 1.97. The van der Waals surface area contributed by atoms with Gasteiger partial charge in [-0.3, -0.25) is 14.5 Å². The van der Waals surface area contributed by atoms with Crippen LogP contribution in [0.3, 0.4) is 0 Å². The van der Waals surface area contributed by atoms with Crippen LogP contribution in [-0.4, -0.2) is 30.4 Å². The standard InChI is InChI=1S/C5H5NO2.CH5P/c1-6-4(7)2-3-5(6)8;1-2/h2-3H,1H3;2H2,1H3. The van der Waals surface area contributed by atoms with Crippen molar-refractivity contribution in [1.82, 2.24) is 4.90 Å². The average Bonchev–Trinajstić information content (AvgIpc) is 2.25. The Hall–Kier alpha value is -0.690. The molecule has 0 spiro atoms. The largest absolute Gasteiger partial charge is 0.279 e. The fraction of sp³-hybridized carbons (Fsp3) is 0.333. The van der Waals surface area contributed by atoms with E-state index in [9.17, 15) is 9.59 Å². The zero-order chi connectivity index (χ0) is 8.15. The van der Waals surface area contributed by atoms with Gasteiger partial charge in [0, 0.05) is 19.2 Å². The summed E-state index contributed by atoms with van der Waals surface area (Å²) in [5.41, 5.74) is 0. The number of imide groups is 1. The van der Waals surface area contributed by atoms with E-state index in [-0.39, 0.29) is 11.8 Å². The van der Waals surface area contributed by atoms with Crippen molar-refractivity contribution in [2.45, 2.75) is 0 Å². The van der Waals surface area contributed by atoms with E-state index in [1.165, 1.54) is 19.2 Å². The maximum atomic E-state index is 10.4. The predicted molar refractivity (Wildman–Crippen MR) is 42.6 cm³/mol. The second-order valence-corrected chi connectivity index (χ2v) is 1.57. The number of likely N-dealkylation sites (N-methyl/N-ethyl adjacent to an activating group) is 1. The lowest BCUT2D eigenvalue weighted by Gasteiger charge is -2.01. The van der Waals surface area contributed by atoms with Crippen molar-refractivity contribution in [3.05, 3.63) is 12.2 Å². The molecule has 0 saturated carbocycles. The Kier molecular flexibility index (Phi) is 3.89. The minimum atomic E-state index is -0.241. The minimum Gasteiger partial charge on any atom is -0.279 e. The van der Waals surface area contributed by atoms with E-state index in [2.05, 4.69) is 9.24 Å². The van der Waals surface area contributed by atoms with Crippen LogP contribution in [0.15, 0.2) is 12.2 Å². The maximum absolute atomic E-state index is 10.4. The van der Waals surface area contributed by atoms with Gasteiger partial charge < -0.3 is 0 Å². The molecule has 1 aliphatic rings. The summed E-state index contributed by atoms with van der Waals surface area (Å²) in [4.78, 5) is 21.9. The van der Waals surface area contributed by atoms with Crippen molar-refractivity contribution >= 4 is 21.1 Å². The fourth-order valence-electron chi connectivity index (χ4n) is 0.475. The summed E-state index contributed by atoms with van der Waals surface area (Å²) in [6.07, 6.45) is 2.50. The van der Waals surface area contributed by atoms with Crippen molar-refractivity contribution in [2.75, 3.05) is 13.7 Å². The first-order valence-corrected chi connectivity index (χ1v) is 3.95. The zero-order valence-electron chi connectivity index (χ0n) is 6.00. The Balaban J connectivity index is 0.000000371. The molecule has 0 fully saturated rings. The van der Waals surface area contributed by atoms with Gasteiger partial charge >= 0.3 is 0 Å². The quantitative estimate of drug-likeness (QED) is 0.369. The number of amides is 2. The predicted octanol–water partition coefficient (Wildman–Crippen LogP) is 0.0325. The van der Waals surface area contributed by atoms with Crippen molar-refractivity contribution in [3.63, 3.8) is 0 Å². The molecule has 0 aliphatic carbocycles. The SMILES string of the molecule is CN1C(=O)C=CC1=O.CP. The van der Waals surface area contributed by atoms with Crippen molar-refractivity contribution in [3.8, 4) is 0 Å². The van der Waals surface area contributed by atoms with Crippen LogP contribution in [-0.2, 0) is 9.59 Å². The lowest BCUT2D eigenvalue weighted by Crippen LogP contribution is -2.24. The summed E-state index contributed by atoms with van der Waals surface area (Å²) < 4.78 is 0. The van der Waals surface area contributed by atoms with E-state index in [4.69, 9.17) is 0 Å². The highest BCUT2D eigenvalue weighted by molar-refractivity contribution is 7.15. The third-order valence-electron chi connectivity index (χ3n) is 1.03. The fourth-order valence-corrected chi connectivity index (χ4v) is 0.475. The number of hydrogen-bond acceptors (Lipinski definition) is 2. The van der Waals surface area contributed by atoms with E-state index in [0.717, 1.165) is 4.90 Å². The van der Waals surface area contributed by atoms with E-state index < -0.39 is 0 Å². The summed E-state index contributed by atoms with van der Waals surface area (Å²) in [7, 11) is 3.87. The number of hydrogen-bond donors (Lipinski definition) is 0. The van der Waals surface area contributed by atoms with Gasteiger partial charge in [0.15, 0.2) is 0 Å². The molecule has 0 aromatic rings. The first-order chi connectivity index (χ1) is 4.72. The summed E-state index contributed by atoms with van der Waals surface area (Å²) in [6, 6.07) is 0. The first-order valence-electron chi connectivity index (χ1n) is 2.79. The van der Waals surface area contributed by atoms with E-state index >= 15 is 0 Å². The Bertz CT molecular complexity index is 159. The smallest absolute Gasteiger partial charge is 0.253 e. The van der Waals surface area contributed by atoms with Gasteiger partial charge in [0.25, 0.3) is 11.8 Å². The summed E-state index contributed by atoms with van der Waals surface area (Å²) in [5, 5.41) is 0. The van der Waals surface area contributed by atoms with Crippen LogP contribution in [0, 0.1) is 0 Å². The highest BCUT2D eigenvalue weighted by Gasteiger charge is 2.17. The lowest BCUT2D eigenvalue weighted by atomic mass is 10.6. The zero-order valence-corrected chi connectivity index (χ0v) is 7.15. The maximum Gasteiger partial charge on any atom is 0.253 e. The molecule has 0 aromatic carbocycles. The van der Waals surface area contributed by atoms with E-state index in [1.54, 1.807) is 0 Å². The molecule has 4 heteroatoms. The number of rotatable bonds is 0. The topological polar surface area (TPSA) is 37.4 Å². The first kappa shape index (κ1) is 9.31. The van der Waals surface area contributed by atoms with Crippen molar-refractivity contribution < 1.29 is 9.59 Å².